The molecule has 0 radical (unpaired) electrons. The zero-order valence-corrected chi connectivity index (χ0v) is 10.5. The molecule has 1 aliphatic heterocycles. The van der Waals surface area contributed by atoms with Crippen LogP contribution in [0.4, 0.5) is 0 Å². The molecule has 0 aromatic heterocycles. The fourth-order valence-corrected chi connectivity index (χ4v) is 2.96. The van der Waals surface area contributed by atoms with Gasteiger partial charge < -0.3 is 15.7 Å². The minimum absolute atomic E-state index is 0.0822. The van der Waals surface area contributed by atoms with Gasteiger partial charge in [-0.05, 0) is 26.2 Å². The quantitative estimate of drug-likeness (QED) is 0.612. The van der Waals surface area contributed by atoms with Crippen molar-refractivity contribution in [1.82, 2.24) is 15.5 Å². The molecule has 1 aliphatic carbocycles. The molecular formula is C12H23N3O2. The van der Waals surface area contributed by atoms with Crippen LogP contribution in [0.1, 0.15) is 26.2 Å². The molecular weight excluding hydrogens is 218 g/mol. The van der Waals surface area contributed by atoms with E-state index in [-0.39, 0.29) is 24.1 Å². The first-order valence-corrected chi connectivity index (χ1v) is 6.66. The summed E-state index contributed by atoms with van der Waals surface area (Å²) < 4.78 is 0. The third-order valence-electron chi connectivity index (χ3n) is 3.81. The molecule has 98 valence electrons. The van der Waals surface area contributed by atoms with Gasteiger partial charge in [-0.1, -0.05) is 0 Å². The number of amides is 1. The lowest BCUT2D eigenvalue weighted by Gasteiger charge is -2.40. The van der Waals surface area contributed by atoms with Crippen LogP contribution in [-0.4, -0.2) is 60.3 Å². The Hall–Kier alpha value is -0.650. The van der Waals surface area contributed by atoms with E-state index in [2.05, 4.69) is 15.5 Å². The predicted molar refractivity (Wildman–Crippen MR) is 65.7 cm³/mol. The van der Waals surface area contributed by atoms with Gasteiger partial charge >= 0.3 is 0 Å². The van der Waals surface area contributed by atoms with Gasteiger partial charge in [0.1, 0.15) is 6.04 Å². The van der Waals surface area contributed by atoms with E-state index in [0.717, 1.165) is 32.4 Å². The Bertz CT molecular complexity index is 272. The first-order chi connectivity index (χ1) is 8.24. The number of carbonyl (C=O) groups is 1. The van der Waals surface area contributed by atoms with E-state index < -0.39 is 0 Å². The van der Waals surface area contributed by atoms with E-state index >= 15 is 0 Å². The highest BCUT2D eigenvalue weighted by molar-refractivity contribution is 5.82. The number of likely N-dealkylation sites (N-methyl/N-ethyl adjacent to an activating group) is 1. The lowest BCUT2D eigenvalue weighted by molar-refractivity contribution is -0.128. The van der Waals surface area contributed by atoms with E-state index in [1.807, 2.05) is 6.92 Å². The summed E-state index contributed by atoms with van der Waals surface area (Å²) in [5, 5.41) is 16.1. The molecule has 1 saturated heterocycles. The molecule has 3 N–H and O–H groups in total. The van der Waals surface area contributed by atoms with Gasteiger partial charge in [-0.15, -0.1) is 0 Å². The van der Waals surface area contributed by atoms with Crippen LogP contribution in [0.5, 0.6) is 0 Å². The van der Waals surface area contributed by atoms with Crippen LogP contribution in [-0.2, 0) is 4.79 Å². The standard InChI is InChI=1S/C12H23N3O2/c1-2-14-12(17)10-8-13-6-7-15(10)9-4-3-5-11(9)16/h9-11,13,16H,2-8H2,1H3,(H,14,17). The summed E-state index contributed by atoms with van der Waals surface area (Å²) in [6, 6.07) is 0.0474. The molecule has 2 fully saturated rings. The van der Waals surface area contributed by atoms with E-state index in [1.165, 1.54) is 0 Å². The van der Waals surface area contributed by atoms with Crippen molar-refractivity contribution in [2.45, 2.75) is 44.4 Å². The number of piperazine rings is 1. The van der Waals surface area contributed by atoms with E-state index in [1.54, 1.807) is 0 Å². The second kappa shape index (κ2) is 5.80. The lowest BCUT2D eigenvalue weighted by atomic mass is 10.1. The summed E-state index contributed by atoms with van der Waals surface area (Å²) in [5.74, 6) is 0.0822. The number of rotatable bonds is 3. The van der Waals surface area contributed by atoms with Crippen LogP contribution in [0, 0.1) is 0 Å². The molecule has 0 spiro atoms. The summed E-state index contributed by atoms with van der Waals surface area (Å²) in [6.45, 7) is 5.04. The van der Waals surface area contributed by atoms with E-state index in [9.17, 15) is 9.90 Å². The molecule has 1 saturated carbocycles. The molecule has 17 heavy (non-hydrogen) atoms. The number of hydrogen-bond acceptors (Lipinski definition) is 4. The van der Waals surface area contributed by atoms with Crippen LogP contribution in [0.2, 0.25) is 0 Å². The van der Waals surface area contributed by atoms with Gasteiger partial charge in [-0.2, -0.15) is 0 Å². The van der Waals surface area contributed by atoms with Gasteiger partial charge in [0.05, 0.1) is 6.10 Å². The molecule has 3 unspecified atom stereocenters. The van der Waals surface area contributed by atoms with Gasteiger partial charge in [-0.3, -0.25) is 9.69 Å². The van der Waals surface area contributed by atoms with Gasteiger partial charge in [0, 0.05) is 32.2 Å². The fourth-order valence-electron chi connectivity index (χ4n) is 2.96. The monoisotopic (exact) mass is 241 g/mol. The minimum Gasteiger partial charge on any atom is -0.391 e. The first-order valence-electron chi connectivity index (χ1n) is 6.66. The maximum atomic E-state index is 12.0. The van der Waals surface area contributed by atoms with Gasteiger partial charge in [-0.25, -0.2) is 0 Å². The minimum atomic E-state index is -0.259. The summed E-state index contributed by atoms with van der Waals surface area (Å²) >= 11 is 0. The normalized spacial score (nSPS) is 34.8. The Labute approximate surface area is 103 Å². The smallest absolute Gasteiger partial charge is 0.238 e. The van der Waals surface area contributed by atoms with E-state index in [4.69, 9.17) is 0 Å². The van der Waals surface area contributed by atoms with Crippen molar-refractivity contribution in [2.24, 2.45) is 0 Å². The predicted octanol–water partition coefficient (Wildman–Crippen LogP) is -0.690. The third-order valence-corrected chi connectivity index (χ3v) is 3.81. The molecule has 3 atom stereocenters. The number of nitrogens with one attached hydrogen (secondary N) is 2. The lowest BCUT2D eigenvalue weighted by Crippen LogP contribution is -2.61. The van der Waals surface area contributed by atoms with Crippen LogP contribution in [0.3, 0.4) is 0 Å². The maximum Gasteiger partial charge on any atom is 0.238 e. The SMILES string of the molecule is CCNC(=O)C1CNCCN1C1CCCC1O. The van der Waals surface area contributed by atoms with Gasteiger partial charge in [0.15, 0.2) is 0 Å². The van der Waals surface area contributed by atoms with Crippen molar-refractivity contribution >= 4 is 5.91 Å². The first kappa shape index (κ1) is 12.8. The molecule has 5 heteroatoms. The second-order valence-corrected chi connectivity index (χ2v) is 4.92. The molecule has 1 heterocycles. The van der Waals surface area contributed by atoms with Gasteiger partial charge in [0.2, 0.25) is 5.91 Å². The van der Waals surface area contributed by atoms with Crippen molar-refractivity contribution in [3.63, 3.8) is 0 Å². The van der Waals surface area contributed by atoms with E-state index in [0.29, 0.717) is 13.1 Å². The molecule has 0 aromatic rings. The van der Waals surface area contributed by atoms with Crippen molar-refractivity contribution in [3.05, 3.63) is 0 Å². The number of aliphatic hydroxyl groups excluding tert-OH is 1. The Morgan fingerprint density at radius 1 is 1.53 bits per heavy atom. The Kier molecular flexibility index (Phi) is 4.36. The molecule has 0 aromatic carbocycles. The Balaban J connectivity index is 2.03. The average molecular weight is 241 g/mol. The molecule has 2 aliphatic rings. The summed E-state index contributed by atoms with van der Waals surface area (Å²) in [7, 11) is 0. The number of nitrogens with zero attached hydrogens (tertiary/aromatic N) is 1. The molecule has 0 bridgehead atoms. The third kappa shape index (κ3) is 2.78. The number of aliphatic hydroxyl groups is 1. The molecule has 1 amide bonds. The topological polar surface area (TPSA) is 64.6 Å². The highest BCUT2D eigenvalue weighted by Crippen LogP contribution is 2.26. The summed E-state index contributed by atoms with van der Waals surface area (Å²) in [6.07, 6.45) is 2.69. The van der Waals surface area contributed by atoms with Gasteiger partial charge in [0.25, 0.3) is 0 Å². The summed E-state index contributed by atoms with van der Waals surface area (Å²) in [4.78, 5) is 14.2. The van der Waals surface area contributed by atoms with Crippen molar-refractivity contribution in [3.8, 4) is 0 Å². The van der Waals surface area contributed by atoms with Crippen LogP contribution < -0.4 is 10.6 Å². The number of hydrogen-bond donors (Lipinski definition) is 3. The van der Waals surface area contributed by atoms with Crippen LogP contribution in [0.15, 0.2) is 0 Å². The zero-order chi connectivity index (χ0) is 12.3. The maximum absolute atomic E-state index is 12.0. The highest BCUT2D eigenvalue weighted by Gasteiger charge is 2.38. The Morgan fingerprint density at radius 2 is 2.35 bits per heavy atom. The largest absolute Gasteiger partial charge is 0.391 e. The van der Waals surface area contributed by atoms with Crippen molar-refractivity contribution < 1.29 is 9.90 Å². The molecule has 5 nitrogen and oxygen atoms in total. The number of carbonyl (C=O) groups excluding carboxylic acids is 1. The Morgan fingerprint density at radius 3 is 3.00 bits per heavy atom. The van der Waals surface area contributed by atoms with Crippen molar-refractivity contribution in [1.29, 1.82) is 0 Å². The van der Waals surface area contributed by atoms with Crippen LogP contribution >= 0.6 is 0 Å². The van der Waals surface area contributed by atoms with Crippen molar-refractivity contribution in [2.75, 3.05) is 26.2 Å². The zero-order valence-electron chi connectivity index (χ0n) is 10.5. The fraction of sp³-hybridized carbons (Fsp3) is 0.917. The molecule has 2 rings (SSSR count). The second-order valence-electron chi connectivity index (χ2n) is 4.92. The summed E-state index contributed by atoms with van der Waals surface area (Å²) in [5.41, 5.74) is 0. The highest BCUT2D eigenvalue weighted by atomic mass is 16.3. The average Bonchev–Trinajstić information content (AvgIpc) is 2.76. The van der Waals surface area contributed by atoms with Crippen LogP contribution in [0.25, 0.3) is 0 Å².